The number of fused-ring (bicyclic) bond motifs is 1. The van der Waals surface area contributed by atoms with Gasteiger partial charge in [0.25, 0.3) is 0 Å². The standard InChI is InChI=1S/C18H19F3N4O2/c1-3-17(26)22-9-12-8-15-16(10-23-24(15)2)25(11-12)13-4-6-14(7-5-13)27-18(19,20)21/h3-7,10,12H,1,8-9,11H2,2H3,(H,22,26). The lowest BCUT2D eigenvalue weighted by Crippen LogP contribution is -2.39. The summed E-state index contributed by atoms with van der Waals surface area (Å²) in [7, 11) is 1.84. The molecule has 0 saturated carbocycles. The van der Waals surface area contributed by atoms with Crippen LogP contribution in [0.4, 0.5) is 24.5 Å². The van der Waals surface area contributed by atoms with Crippen LogP contribution < -0.4 is 15.0 Å². The van der Waals surface area contributed by atoms with E-state index in [1.165, 1.54) is 18.2 Å². The van der Waals surface area contributed by atoms with Crippen LogP contribution >= 0.6 is 0 Å². The smallest absolute Gasteiger partial charge is 0.406 e. The van der Waals surface area contributed by atoms with Crippen molar-refractivity contribution in [1.82, 2.24) is 15.1 Å². The maximum atomic E-state index is 12.3. The van der Waals surface area contributed by atoms with Crippen LogP contribution in [0.25, 0.3) is 0 Å². The molecule has 0 spiro atoms. The minimum absolute atomic E-state index is 0.114. The first-order valence-corrected chi connectivity index (χ1v) is 8.31. The van der Waals surface area contributed by atoms with Crippen molar-refractivity contribution in [3.63, 3.8) is 0 Å². The van der Waals surface area contributed by atoms with E-state index >= 15 is 0 Å². The average molecular weight is 380 g/mol. The molecular weight excluding hydrogens is 361 g/mol. The van der Waals surface area contributed by atoms with E-state index in [-0.39, 0.29) is 17.6 Å². The van der Waals surface area contributed by atoms with Gasteiger partial charge >= 0.3 is 6.36 Å². The molecule has 0 fully saturated rings. The second-order valence-electron chi connectivity index (χ2n) is 6.27. The molecule has 1 aromatic carbocycles. The number of ether oxygens (including phenoxy) is 1. The highest BCUT2D eigenvalue weighted by atomic mass is 19.4. The molecule has 1 atom stereocenters. The SMILES string of the molecule is C=CC(=O)NCC1Cc2c(cnn2C)N(c2ccc(OC(F)(F)F)cc2)C1. The van der Waals surface area contributed by atoms with Gasteiger partial charge in [-0.25, -0.2) is 0 Å². The van der Waals surface area contributed by atoms with Gasteiger partial charge in [-0.05, 0) is 42.7 Å². The van der Waals surface area contributed by atoms with Crippen LogP contribution in [0.2, 0.25) is 0 Å². The number of hydrogen-bond donors (Lipinski definition) is 1. The van der Waals surface area contributed by atoms with Gasteiger partial charge in [-0.3, -0.25) is 9.48 Å². The van der Waals surface area contributed by atoms with Crippen molar-refractivity contribution in [2.45, 2.75) is 12.8 Å². The van der Waals surface area contributed by atoms with E-state index in [1.54, 1.807) is 23.0 Å². The highest BCUT2D eigenvalue weighted by Crippen LogP contribution is 2.36. The number of hydrogen-bond acceptors (Lipinski definition) is 4. The summed E-state index contributed by atoms with van der Waals surface area (Å²) in [4.78, 5) is 13.4. The van der Waals surface area contributed by atoms with E-state index in [1.807, 2.05) is 11.9 Å². The molecule has 2 aromatic rings. The van der Waals surface area contributed by atoms with Crippen molar-refractivity contribution < 1.29 is 22.7 Å². The lowest BCUT2D eigenvalue weighted by molar-refractivity contribution is -0.274. The summed E-state index contributed by atoms with van der Waals surface area (Å²) in [5.74, 6) is -0.404. The second-order valence-corrected chi connectivity index (χ2v) is 6.27. The highest BCUT2D eigenvalue weighted by Gasteiger charge is 2.32. The van der Waals surface area contributed by atoms with Gasteiger partial charge in [-0.2, -0.15) is 5.10 Å². The summed E-state index contributed by atoms with van der Waals surface area (Å²) < 4.78 is 42.7. The minimum atomic E-state index is -4.72. The van der Waals surface area contributed by atoms with Crippen LogP contribution in [0.1, 0.15) is 5.69 Å². The fraction of sp³-hybridized carbons (Fsp3) is 0.333. The van der Waals surface area contributed by atoms with Gasteiger partial charge in [0.1, 0.15) is 5.75 Å². The molecule has 1 aliphatic heterocycles. The van der Waals surface area contributed by atoms with Gasteiger partial charge in [0.15, 0.2) is 0 Å². The molecule has 1 aliphatic rings. The zero-order chi connectivity index (χ0) is 19.6. The van der Waals surface area contributed by atoms with Crippen LogP contribution in [0.15, 0.2) is 43.1 Å². The number of halogens is 3. The molecular formula is C18H19F3N4O2. The Morgan fingerprint density at radius 2 is 2.11 bits per heavy atom. The predicted molar refractivity (Wildman–Crippen MR) is 93.7 cm³/mol. The number of amides is 1. The van der Waals surface area contributed by atoms with E-state index in [0.29, 0.717) is 13.1 Å². The van der Waals surface area contributed by atoms with E-state index < -0.39 is 6.36 Å². The number of benzene rings is 1. The van der Waals surface area contributed by atoms with Gasteiger partial charge in [0, 0.05) is 25.8 Å². The molecule has 1 unspecified atom stereocenters. The Bertz CT molecular complexity index is 830. The lowest BCUT2D eigenvalue weighted by atomic mass is 9.96. The van der Waals surface area contributed by atoms with Gasteiger partial charge in [0.2, 0.25) is 5.91 Å². The number of alkyl halides is 3. The van der Waals surface area contributed by atoms with Crippen molar-refractivity contribution in [3.05, 3.63) is 48.8 Å². The number of carbonyl (C=O) groups is 1. The number of aromatic nitrogens is 2. The van der Waals surface area contributed by atoms with Crippen molar-refractivity contribution in [2.75, 3.05) is 18.0 Å². The van der Waals surface area contributed by atoms with Crippen LogP contribution in [0.3, 0.4) is 0 Å². The molecule has 0 aliphatic carbocycles. The molecule has 144 valence electrons. The molecule has 1 amide bonds. The van der Waals surface area contributed by atoms with E-state index in [0.717, 1.165) is 23.5 Å². The number of anilines is 2. The Kier molecular flexibility index (Phi) is 5.11. The molecule has 1 N–H and O–H groups in total. The minimum Gasteiger partial charge on any atom is -0.406 e. The molecule has 0 radical (unpaired) electrons. The van der Waals surface area contributed by atoms with Crippen LogP contribution in [-0.2, 0) is 18.3 Å². The fourth-order valence-electron chi connectivity index (χ4n) is 3.13. The molecule has 2 heterocycles. The topological polar surface area (TPSA) is 59.4 Å². The maximum Gasteiger partial charge on any atom is 0.573 e. The van der Waals surface area contributed by atoms with E-state index in [9.17, 15) is 18.0 Å². The number of nitrogens with one attached hydrogen (secondary N) is 1. The summed E-state index contributed by atoms with van der Waals surface area (Å²) in [6.07, 6.45) is -1.05. The number of rotatable bonds is 5. The van der Waals surface area contributed by atoms with E-state index in [2.05, 4.69) is 21.7 Å². The molecule has 3 rings (SSSR count). The summed E-state index contributed by atoms with van der Waals surface area (Å²) in [6, 6.07) is 5.70. The summed E-state index contributed by atoms with van der Waals surface area (Å²) in [5.41, 5.74) is 2.61. The first-order chi connectivity index (χ1) is 12.8. The molecule has 0 bridgehead atoms. The fourth-order valence-corrected chi connectivity index (χ4v) is 3.13. The van der Waals surface area contributed by atoms with Crippen LogP contribution in [-0.4, -0.2) is 35.1 Å². The van der Waals surface area contributed by atoms with Crippen molar-refractivity contribution >= 4 is 17.3 Å². The van der Waals surface area contributed by atoms with Gasteiger partial charge in [-0.1, -0.05) is 6.58 Å². The summed E-state index contributed by atoms with van der Waals surface area (Å²) in [5, 5.41) is 7.08. The third-order valence-corrected chi connectivity index (χ3v) is 4.39. The largest absolute Gasteiger partial charge is 0.573 e. The number of nitrogens with zero attached hydrogens (tertiary/aromatic N) is 3. The Labute approximate surface area is 154 Å². The van der Waals surface area contributed by atoms with Crippen molar-refractivity contribution in [3.8, 4) is 5.75 Å². The van der Waals surface area contributed by atoms with Gasteiger partial charge < -0.3 is 15.0 Å². The second kappa shape index (κ2) is 7.34. The number of carbonyl (C=O) groups excluding carboxylic acids is 1. The van der Waals surface area contributed by atoms with Gasteiger partial charge in [-0.15, -0.1) is 13.2 Å². The quantitative estimate of drug-likeness (QED) is 0.811. The molecule has 1 aromatic heterocycles. The Balaban J connectivity index is 1.82. The first kappa shape index (κ1) is 18.8. The third kappa shape index (κ3) is 4.42. The Hall–Kier alpha value is -2.97. The highest BCUT2D eigenvalue weighted by molar-refractivity contribution is 5.86. The van der Waals surface area contributed by atoms with Crippen molar-refractivity contribution in [2.24, 2.45) is 13.0 Å². The van der Waals surface area contributed by atoms with Crippen molar-refractivity contribution in [1.29, 1.82) is 0 Å². The molecule has 0 saturated heterocycles. The third-order valence-electron chi connectivity index (χ3n) is 4.39. The molecule has 27 heavy (non-hydrogen) atoms. The Morgan fingerprint density at radius 1 is 1.41 bits per heavy atom. The predicted octanol–water partition coefficient (Wildman–Crippen LogP) is 2.93. The zero-order valence-electron chi connectivity index (χ0n) is 14.7. The first-order valence-electron chi connectivity index (χ1n) is 8.31. The Morgan fingerprint density at radius 3 is 2.74 bits per heavy atom. The van der Waals surface area contributed by atoms with Crippen LogP contribution in [0.5, 0.6) is 5.75 Å². The molecule has 9 heteroatoms. The average Bonchev–Trinajstić information content (AvgIpc) is 2.99. The summed E-state index contributed by atoms with van der Waals surface area (Å²) in [6.45, 7) is 4.49. The van der Waals surface area contributed by atoms with Crippen LogP contribution in [0, 0.1) is 5.92 Å². The summed E-state index contributed by atoms with van der Waals surface area (Å²) >= 11 is 0. The monoisotopic (exact) mass is 380 g/mol. The number of aryl methyl sites for hydroxylation is 1. The lowest BCUT2D eigenvalue weighted by Gasteiger charge is -2.34. The normalized spacial score (nSPS) is 16.6. The van der Waals surface area contributed by atoms with E-state index in [4.69, 9.17) is 0 Å². The molecule has 6 nitrogen and oxygen atoms in total. The maximum absolute atomic E-state index is 12.3. The van der Waals surface area contributed by atoms with Gasteiger partial charge in [0.05, 0.1) is 17.6 Å². The zero-order valence-corrected chi connectivity index (χ0v) is 14.7.